The number of fused-ring (bicyclic) bond motifs is 1. The van der Waals surface area contributed by atoms with Crippen LogP contribution in [0.5, 0.6) is 0 Å². The molecule has 7 nitrogen and oxygen atoms in total. The SMILES string of the molecule is COCCCn1ncc2ccc(C[C@@H](C[C@@H](CO)NC(=O)O)C(C)C)cc21. The van der Waals surface area contributed by atoms with Crippen LogP contribution in [0.2, 0.25) is 0 Å². The number of benzene rings is 1. The first kappa shape index (κ1) is 21.2. The van der Waals surface area contributed by atoms with E-state index in [1.54, 1.807) is 7.11 Å². The zero-order valence-electron chi connectivity index (χ0n) is 16.4. The zero-order chi connectivity index (χ0) is 19.8. The van der Waals surface area contributed by atoms with E-state index in [0.717, 1.165) is 30.3 Å². The molecule has 0 radical (unpaired) electrons. The Hall–Kier alpha value is -2.12. The molecule has 2 atom stereocenters. The van der Waals surface area contributed by atoms with Gasteiger partial charge in [0, 0.05) is 25.6 Å². The first-order valence-corrected chi connectivity index (χ1v) is 9.48. The number of rotatable bonds is 11. The van der Waals surface area contributed by atoms with E-state index < -0.39 is 12.1 Å². The van der Waals surface area contributed by atoms with Crippen molar-refractivity contribution in [3.63, 3.8) is 0 Å². The van der Waals surface area contributed by atoms with E-state index in [2.05, 4.69) is 42.5 Å². The Morgan fingerprint density at radius 2 is 2.15 bits per heavy atom. The quantitative estimate of drug-likeness (QED) is 0.523. The predicted octanol–water partition coefficient (Wildman–Crippen LogP) is 2.91. The molecule has 7 heteroatoms. The number of hydrogen-bond donors (Lipinski definition) is 3. The molecule has 0 saturated carbocycles. The topological polar surface area (TPSA) is 96.6 Å². The van der Waals surface area contributed by atoms with Crippen molar-refractivity contribution in [2.24, 2.45) is 11.8 Å². The van der Waals surface area contributed by atoms with Crippen LogP contribution in [0.15, 0.2) is 24.4 Å². The molecule has 0 spiro atoms. The monoisotopic (exact) mass is 377 g/mol. The van der Waals surface area contributed by atoms with Crippen molar-refractivity contribution in [2.75, 3.05) is 20.3 Å². The minimum atomic E-state index is -1.10. The van der Waals surface area contributed by atoms with Gasteiger partial charge in [-0.2, -0.15) is 5.10 Å². The molecule has 1 amide bonds. The second kappa shape index (κ2) is 10.3. The van der Waals surface area contributed by atoms with Gasteiger partial charge in [-0.25, -0.2) is 4.79 Å². The molecule has 27 heavy (non-hydrogen) atoms. The number of nitrogens with one attached hydrogen (secondary N) is 1. The molecule has 3 N–H and O–H groups in total. The molecule has 2 rings (SSSR count). The number of aliphatic hydroxyl groups excluding tert-OH is 1. The lowest BCUT2D eigenvalue weighted by atomic mass is 9.84. The summed E-state index contributed by atoms with van der Waals surface area (Å²) in [5.74, 6) is 0.633. The van der Waals surface area contributed by atoms with Gasteiger partial charge in [-0.05, 0) is 42.7 Å². The van der Waals surface area contributed by atoms with E-state index in [1.807, 2.05) is 10.9 Å². The molecule has 0 unspecified atom stereocenters. The van der Waals surface area contributed by atoms with Gasteiger partial charge in [0.05, 0.1) is 24.4 Å². The fourth-order valence-corrected chi connectivity index (χ4v) is 3.39. The molecule has 0 fully saturated rings. The van der Waals surface area contributed by atoms with Crippen LogP contribution in [0.25, 0.3) is 10.9 Å². The number of hydrogen-bond acceptors (Lipinski definition) is 4. The maximum Gasteiger partial charge on any atom is 0.404 e. The lowest BCUT2D eigenvalue weighted by molar-refractivity contribution is 0.165. The van der Waals surface area contributed by atoms with Crippen LogP contribution in [0, 0.1) is 11.8 Å². The van der Waals surface area contributed by atoms with Gasteiger partial charge in [0.25, 0.3) is 0 Å². The summed E-state index contributed by atoms with van der Waals surface area (Å²) in [4.78, 5) is 10.9. The Morgan fingerprint density at radius 3 is 2.78 bits per heavy atom. The van der Waals surface area contributed by atoms with E-state index in [-0.39, 0.29) is 12.5 Å². The van der Waals surface area contributed by atoms with E-state index in [9.17, 15) is 9.90 Å². The summed E-state index contributed by atoms with van der Waals surface area (Å²) in [6, 6.07) is 5.92. The average Bonchev–Trinajstić information content (AvgIpc) is 3.02. The highest BCUT2D eigenvalue weighted by Gasteiger charge is 2.21. The molecule has 0 aliphatic heterocycles. The molecule has 0 saturated heterocycles. The third kappa shape index (κ3) is 6.22. The van der Waals surface area contributed by atoms with Gasteiger partial charge in [-0.1, -0.05) is 26.0 Å². The van der Waals surface area contributed by atoms with Crippen molar-refractivity contribution in [2.45, 2.75) is 45.7 Å². The molecule has 1 heterocycles. The number of carboxylic acid groups (broad SMARTS) is 1. The molecule has 0 bridgehead atoms. The van der Waals surface area contributed by atoms with Crippen LogP contribution in [-0.4, -0.2) is 52.5 Å². The molecule has 1 aromatic heterocycles. The number of amides is 1. The maximum absolute atomic E-state index is 10.9. The lowest BCUT2D eigenvalue weighted by Crippen LogP contribution is -2.39. The van der Waals surface area contributed by atoms with Crippen LogP contribution in [-0.2, 0) is 17.7 Å². The number of methoxy groups -OCH3 is 1. The minimum absolute atomic E-state index is 0.194. The van der Waals surface area contributed by atoms with Crippen LogP contribution in [0.4, 0.5) is 4.79 Å². The fourth-order valence-electron chi connectivity index (χ4n) is 3.39. The molecule has 0 aliphatic carbocycles. The summed E-state index contributed by atoms with van der Waals surface area (Å²) >= 11 is 0. The lowest BCUT2D eigenvalue weighted by Gasteiger charge is -2.25. The molecule has 150 valence electrons. The Labute approximate surface area is 160 Å². The van der Waals surface area contributed by atoms with Crippen LogP contribution in [0.3, 0.4) is 0 Å². The van der Waals surface area contributed by atoms with Crippen LogP contribution in [0.1, 0.15) is 32.3 Å². The van der Waals surface area contributed by atoms with Gasteiger partial charge in [-0.15, -0.1) is 0 Å². The summed E-state index contributed by atoms with van der Waals surface area (Å²) in [7, 11) is 1.70. The summed E-state index contributed by atoms with van der Waals surface area (Å²) in [6.07, 6.45) is 3.12. The largest absolute Gasteiger partial charge is 0.465 e. The highest BCUT2D eigenvalue weighted by molar-refractivity contribution is 5.79. The second-order valence-electron chi connectivity index (χ2n) is 7.38. The van der Waals surface area contributed by atoms with Gasteiger partial charge in [-0.3, -0.25) is 4.68 Å². The van der Waals surface area contributed by atoms with Crippen molar-refractivity contribution in [3.05, 3.63) is 30.0 Å². The van der Waals surface area contributed by atoms with Crippen LogP contribution < -0.4 is 5.32 Å². The summed E-state index contributed by atoms with van der Waals surface area (Å²) in [5, 5.41) is 26.4. The van der Waals surface area contributed by atoms with Crippen molar-refractivity contribution in [1.82, 2.24) is 15.1 Å². The Bertz CT molecular complexity index is 729. The van der Waals surface area contributed by atoms with Gasteiger partial charge in [0.15, 0.2) is 0 Å². The molecular formula is C20H31N3O4. The second-order valence-corrected chi connectivity index (χ2v) is 7.38. The van der Waals surface area contributed by atoms with Crippen molar-refractivity contribution in [1.29, 1.82) is 0 Å². The maximum atomic E-state index is 10.9. The van der Waals surface area contributed by atoms with E-state index in [0.29, 0.717) is 18.9 Å². The number of carbonyl (C=O) groups is 1. The summed E-state index contributed by atoms with van der Waals surface area (Å²) in [5.41, 5.74) is 2.30. The molecule has 2 aromatic rings. The number of aryl methyl sites for hydroxylation is 1. The van der Waals surface area contributed by atoms with E-state index in [1.165, 1.54) is 5.56 Å². The average molecular weight is 377 g/mol. The summed E-state index contributed by atoms with van der Waals surface area (Å²) in [6.45, 7) is 5.58. The highest BCUT2D eigenvalue weighted by Crippen LogP contribution is 2.25. The van der Waals surface area contributed by atoms with Crippen molar-refractivity contribution >= 4 is 17.0 Å². The van der Waals surface area contributed by atoms with Crippen molar-refractivity contribution < 1.29 is 19.7 Å². The number of aliphatic hydroxyl groups is 1. The van der Waals surface area contributed by atoms with Gasteiger partial charge < -0.3 is 20.3 Å². The molecular weight excluding hydrogens is 346 g/mol. The molecule has 1 aromatic carbocycles. The third-order valence-corrected chi connectivity index (χ3v) is 5.00. The first-order chi connectivity index (χ1) is 12.9. The smallest absolute Gasteiger partial charge is 0.404 e. The van der Waals surface area contributed by atoms with Crippen molar-refractivity contribution in [3.8, 4) is 0 Å². The van der Waals surface area contributed by atoms with Crippen LogP contribution >= 0.6 is 0 Å². The Kier molecular flexibility index (Phi) is 8.06. The predicted molar refractivity (Wildman–Crippen MR) is 105 cm³/mol. The molecule has 0 aliphatic rings. The number of ether oxygens (including phenoxy) is 1. The fraction of sp³-hybridized carbons (Fsp3) is 0.600. The van der Waals surface area contributed by atoms with Gasteiger partial charge in [0.2, 0.25) is 0 Å². The van der Waals surface area contributed by atoms with Gasteiger partial charge in [0.1, 0.15) is 0 Å². The minimum Gasteiger partial charge on any atom is -0.465 e. The highest BCUT2D eigenvalue weighted by atomic mass is 16.5. The Morgan fingerprint density at radius 1 is 1.37 bits per heavy atom. The third-order valence-electron chi connectivity index (χ3n) is 5.00. The standard InChI is InChI=1S/C20H31N3O4/c1-14(2)17(11-18(13-24)22-20(25)26)9-15-5-6-16-12-21-23(19(16)10-15)7-4-8-27-3/h5-6,10,12,14,17-18,22,24H,4,7-9,11,13H2,1-3H3,(H,25,26)/t17-,18-/m0/s1. The number of nitrogens with zero attached hydrogens (tertiary/aromatic N) is 2. The Balaban J connectivity index is 2.13. The number of aromatic nitrogens is 2. The van der Waals surface area contributed by atoms with Gasteiger partial charge >= 0.3 is 6.09 Å². The zero-order valence-corrected chi connectivity index (χ0v) is 16.4. The summed E-state index contributed by atoms with van der Waals surface area (Å²) < 4.78 is 7.13. The first-order valence-electron chi connectivity index (χ1n) is 9.48. The van der Waals surface area contributed by atoms with E-state index in [4.69, 9.17) is 9.84 Å². The van der Waals surface area contributed by atoms with E-state index >= 15 is 0 Å². The normalized spacial score (nSPS) is 13.8.